The van der Waals surface area contributed by atoms with E-state index in [1.165, 1.54) is 23.9 Å². The third kappa shape index (κ3) is 6.58. The second kappa shape index (κ2) is 11.3. The number of carbonyl (C=O) groups is 2. The molecule has 2 aromatic carbocycles. The van der Waals surface area contributed by atoms with Gasteiger partial charge in [0.1, 0.15) is 0 Å². The summed E-state index contributed by atoms with van der Waals surface area (Å²) in [6, 6.07) is 10.5. The normalized spacial score (nSPS) is 11.8. The number of nitro groups is 1. The van der Waals surface area contributed by atoms with E-state index in [9.17, 15) is 19.7 Å². The van der Waals surface area contributed by atoms with Crippen molar-refractivity contribution in [1.29, 1.82) is 0 Å². The number of carbonyl (C=O) groups excluding carboxylic acids is 2. The van der Waals surface area contributed by atoms with E-state index < -0.39 is 11.0 Å². The van der Waals surface area contributed by atoms with Crippen molar-refractivity contribution >= 4 is 46.6 Å². The minimum absolute atomic E-state index is 0.0205. The molecule has 3 rings (SSSR count). The number of rotatable bonds is 9. The van der Waals surface area contributed by atoms with Gasteiger partial charge in [-0.3, -0.25) is 19.7 Å². The first-order chi connectivity index (χ1) is 16.6. The van der Waals surface area contributed by atoms with Gasteiger partial charge in [0, 0.05) is 29.8 Å². The highest BCUT2D eigenvalue weighted by molar-refractivity contribution is 7.99. The largest absolute Gasteiger partial charge is 0.342 e. The Hall–Kier alpha value is -3.44. The molecule has 184 valence electrons. The van der Waals surface area contributed by atoms with Crippen LogP contribution < -0.4 is 10.6 Å². The monoisotopic (exact) mass is 516 g/mol. The minimum Gasteiger partial charge on any atom is -0.342 e. The van der Waals surface area contributed by atoms with Gasteiger partial charge in [-0.05, 0) is 42.7 Å². The van der Waals surface area contributed by atoms with Crippen LogP contribution in [-0.2, 0) is 11.8 Å². The van der Waals surface area contributed by atoms with E-state index in [0.29, 0.717) is 32.8 Å². The number of hydrogen-bond acceptors (Lipinski definition) is 7. The maximum absolute atomic E-state index is 12.7. The van der Waals surface area contributed by atoms with E-state index in [-0.39, 0.29) is 29.2 Å². The maximum Gasteiger partial charge on any atom is 0.271 e. The van der Waals surface area contributed by atoms with Crippen molar-refractivity contribution < 1.29 is 14.5 Å². The Labute approximate surface area is 211 Å². The number of hydrogen-bond donors (Lipinski definition) is 2. The molecule has 0 aliphatic rings. The van der Waals surface area contributed by atoms with E-state index in [1.807, 2.05) is 13.8 Å². The predicted molar refractivity (Wildman–Crippen MR) is 135 cm³/mol. The summed E-state index contributed by atoms with van der Waals surface area (Å²) in [5.74, 6) is 0.00757. The first kappa shape index (κ1) is 26.2. The number of nitrogens with one attached hydrogen (secondary N) is 2. The Morgan fingerprint density at radius 3 is 2.49 bits per heavy atom. The standard InChI is InChI=1S/C23H25ClN6O4S/c1-13(2)20(26-22(32)15-6-8-16(24)9-7-15)21-27-28-23(29(21)4)35-12-19(31)25-18-11-17(30(33)34)10-5-14(18)3/h5-11,13,20H,12H2,1-4H3,(H,25,31)(H,26,32)/t20-/m0/s1. The van der Waals surface area contributed by atoms with Gasteiger partial charge in [0.15, 0.2) is 11.0 Å². The molecule has 0 aliphatic heterocycles. The van der Waals surface area contributed by atoms with Gasteiger partial charge >= 0.3 is 0 Å². The van der Waals surface area contributed by atoms with E-state index in [0.717, 1.165) is 0 Å². The molecule has 0 bridgehead atoms. The number of thioether (sulfide) groups is 1. The molecule has 0 spiro atoms. The second-order valence-corrected chi connectivity index (χ2v) is 9.57. The summed E-state index contributed by atoms with van der Waals surface area (Å²) in [5, 5.41) is 26.2. The van der Waals surface area contributed by atoms with Crippen molar-refractivity contribution in [2.24, 2.45) is 13.0 Å². The second-order valence-electron chi connectivity index (χ2n) is 8.20. The van der Waals surface area contributed by atoms with E-state index in [4.69, 9.17) is 11.6 Å². The lowest BCUT2D eigenvalue weighted by molar-refractivity contribution is -0.384. The molecule has 3 aromatic rings. The fraction of sp³-hybridized carbons (Fsp3) is 0.304. The minimum atomic E-state index is -0.512. The van der Waals surface area contributed by atoms with Crippen LogP contribution in [0.4, 0.5) is 11.4 Å². The molecule has 2 amide bonds. The zero-order valence-corrected chi connectivity index (χ0v) is 21.2. The van der Waals surface area contributed by atoms with Crippen LogP contribution in [0.1, 0.15) is 41.6 Å². The fourth-order valence-electron chi connectivity index (χ4n) is 3.25. The van der Waals surface area contributed by atoms with Crippen molar-refractivity contribution in [2.45, 2.75) is 32.0 Å². The van der Waals surface area contributed by atoms with Crippen LogP contribution in [-0.4, -0.2) is 37.3 Å². The van der Waals surface area contributed by atoms with E-state index in [1.54, 1.807) is 48.9 Å². The van der Waals surface area contributed by atoms with Crippen LogP contribution in [0.25, 0.3) is 0 Å². The number of aryl methyl sites for hydroxylation is 1. The lowest BCUT2D eigenvalue weighted by Crippen LogP contribution is -2.33. The maximum atomic E-state index is 12.7. The number of halogens is 1. The van der Waals surface area contributed by atoms with Crippen LogP contribution in [0.2, 0.25) is 5.02 Å². The number of amides is 2. The molecule has 0 saturated heterocycles. The van der Waals surface area contributed by atoms with Crippen molar-refractivity contribution in [3.63, 3.8) is 0 Å². The van der Waals surface area contributed by atoms with Gasteiger partial charge in [-0.1, -0.05) is 43.3 Å². The summed E-state index contributed by atoms with van der Waals surface area (Å²) in [4.78, 5) is 35.7. The predicted octanol–water partition coefficient (Wildman–Crippen LogP) is 4.54. The first-order valence-corrected chi connectivity index (χ1v) is 12.1. The van der Waals surface area contributed by atoms with Gasteiger partial charge in [-0.25, -0.2) is 0 Å². The van der Waals surface area contributed by atoms with Crippen molar-refractivity contribution in [3.8, 4) is 0 Å². The molecule has 2 N–H and O–H groups in total. The van der Waals surface area contributed by atoms with Gasteiger partial charge in [0.2, 0.25) is 5.91 Å². The van der Waals surface area contributed by atoms with Crippen molar-refractivity contribution in [3.05, 3.63) is 74.6 Å². The molecular formula is C23H25ClN6O4S. The molecule has 0 saturated carbocycles. The highest BCUT2D eigenvalue weighted by Crippen LogP contribution is 2.26. The number of benzene rings is 2. The molecule has 1 atom stereocenters. The molecule has 0 unspecified atom stereocenters. The molecular weight excluding hydrogens is 492 g/mol. The Kier molecular flexibility index (Phi) is 8.47. The average molecular weight is 517 g/mol. The summed E-state index contributed by atoms with van der Waals surface area (Å²) in [6.45, 7) is 5.68. The fourth-order valence-corrected chi connectivity index (χ4v) is 4.10. The number of aromatic nitrogens is 3. The van der Waals surface area contributed by atoms with Gasteiger partial charge in [-0.15, -0.1) is 10.2 Å². The number of anilines is 1. The van der Waals surface area contributed by atoms with Gasteiger partial charge in [0.25, 0.3) is 11.6 Å². The Morgan fingerprint density at radius 2 is 1.86 bits per heavy atom. The van der Waals surface area contributed by atoms with Crippen LogP contribution in [0.15, 0.2) is 47.6 Å². The molecule has 1 aromatic heterocycles. The summed E-state index contributed by atoms with van der Waals surface area (Å²) in [7, 11) is 1.77. The molecule has 1 heterocycles. The molecule has 0 fully saturated rings. The van der Waals surface area contributed by atoms with Crippen LogP contribution in [0.3, 0.4) is 0 Å². The molecule has 0 aliphatic carbocycles. The smallest absolute Gasteiger partial charge is 0.271 e. The van der Waals surface area contributed by atoms with Gasteiger partial charge < -0.3 is 15.2 Å². The molecule has 0 radical (unpaired) electrons. The Morgan fingerprint density at radius 1 is 1.17 bits per heavy atom. The molecule has 35 heavy (non-hydrogen) atoms. The topological polar surface area (TPSA) is 132 Å². The number of nitrogens with zero attached hydrogens (tertiary/aromatic N) is 4. The zero-order chi connectivity index (χ0) is 25.7. The first-order valence-electron chi connectivity index (χ1n) is 10.7. The lowest BCUT2D eigenvalue weighted by atomic mass is 10.0. The molecule has 10 nitrogen and oxygen atoms in total. The summed E-state index contributed by atoms with van der Waals surface area (Å²) < 4.78 is 1.74. The number of nitro benzene ring substituents is 1. The van der Waals surface area contributed by atoms with Crippen LogP contribution >= 0.6 is 23.4 Å². The van der Waals surface area contributed by atoms with Gasteiger partial charge in [0.05, 0.1) is 22.4 Å². The lowest BCUT2D eigenvalue weighted by Gasteiger charge is -2.21. The number of non-ortho nitro benzene ring substituents is 1. The van der Waals surface area contributed by atoms with E-state index in [2.05, 4.69) is 20.8 Å². The van der Waals surface area contributed by atoms with Crippen molar-refractivity contribution in [1.82, 2.24) is 20.1 Å². The average Bonchev–Trinajstić information content (AvgIpc) is 3.17. The van der Waals surface area contributed by atoms with Crippen molar-refractivity contribution in [2.75, 3.05) is 11.1 Å². The summed E-state index contributed by atoms with van der Waals surface area (Å²) in [6.07, 6.45) is 0. The third-order valence-electron chi connectivity index (χ3n) is 5.24. The van der Waals surface area contributed by atoms with Crippen LogP contribution in [0, 0.1) is 23.0 Å². The third-order valence-corrected chi connectivity index (χ3v) is 6.52. The highest BCUT2D eigenvalue weighted by Gasteiger charge is 2.25. The zero-order valence-electron chi connectivity index (χ0n) is 19.6. The molecule has 12 heteroatoms. The Bertz CT molecular complexity index is 1250. The quantitative estimate of drug-likeness (QED) is 0.242. The van der Waals surface area contributed by atoms with Gasteiger partial charge in [-0.2, -0.15) is 0 Å². The highest BCUT2D eigenvalue weighted by atomic mass is 35.5. The SMILES string of the molecule is Cc1ccc([N+](=O)[O-])cc1NC(=O)CSc1nnc([C@@H](NC(=O)c2ccc(Cl)cc2)C(C)C)n1C. The summed E-state index contributed by atoms with van der Waals surface area (Å²) in [5.41, 5.74) is 1.47. The van der Waals surface area contributed by atoms with Crippen LogP contribution in [0.5, 0.6) is 0 Å². The van der Waals surface area contributed by atoms with E-state index >= 15 is 0 Å². The summed E-state index contributed by atoms with van der Waals surface area (Å²) >= 11 is 7.08. The Balaban J connectivity index is 1.67.